The highest BCUT2D eigenvalue weighted by Gasteiger charge is 1.96. The standard InChI is InChI=1S/C16H27N.C15H25N.C14H23N.C13H21N.C12H19N/c1-2-3-4-5-6-7-11-14-17-15-16-12-9-8-10-13-16;1-2-3-8-13-16-14-9-7-12-15-10-5-4-6-11-15;1-2-3-4-5-9-12-15-13-14-10-7-6-8-11-14;1-2-11-14-12-7-6-10-13-8-4-3-5-9-13;1-2-3-7-10-13-11-12-8-5-4-6-9-12/h8-10,12-13,17H,2-7,11,14-15H2,1H3;4-6,10-11,16H,2-3,7-9,12-14H2,1H3;6-8,10-11,15H,2-5,9,12-13H2,1H3;3-5,8-9,14H,2,6-7,10-12H2,1H3;4-6,8-9,13H,2-3,7,10-11H2,1H3. The molecule has 5 N–H and O–H groups in total. The third kappa shape index (κ3) is 49.2. The van der Waals surface area contributed by atoms with E-state index in [2.05, 4.69) is 213 Å². The van der Waals surface area contributed by atoms with Crippen molar-refractivity contribution in [2.45, 2.75) is 215 Å². The zero-order valence-electron chi connectivity index (χ0n) is 49.2. The van der Waals surface area contributed by atoms with Gasteiger partial charge in [-0.25, -0.2) is 0 Å². The Labute approximate surface area is 464 Å². The minimum atomic E-state index is 1.00. The molecule has 0 atom stereocenters. The Morgan fingerprint density at radius 3 is 0.733 bits per heavy atom. The highest BCUT2D eigenvalue weighted by Crippen LogP contribution is 2.08. The summed E-state index contributed by atoms with van der Waals surface area (Å²) in [6.07, 6.45) is 33.3. The van der Waals surface area contributed by atoms with Crippen LogP contribution in [0.4, 0.5) is 0 Å². The minimum absolute atomic E-state index is 1.00. The summed E-state index contributed by atoms with van der Waals surface area (Å²) in [4.78, 5) is 0. The zero-order valence-corrected chi connectivity index (χ0v) is 49.2. The quantitative estimate of drug-likeness (QED) is 0.0253. The van der Waals surface area contributed by atoms with E-state index in [0.717, 1.165) is 45.8 Å². The monoisotopic (exact) mass is 1030 g/mol. The predicted octanol–water partition coefficient (Wildman–Crippen LogP) is 18.0. The lowest BCUT2D eigenvalue weighted by Gasteiger charge is -2.04. The Bertz CT molecular complexity index is 1770. The SMILES string of the molecule is CCCCCCCCCNCc1ccccc1.CCCCCCCNCc1ccccc1.CCCCCNCCCCc1ccccc1.CCCCCNCc1ccccc1.CCCNCCCCc1ccccc1. The molecule has 0 unspecified atom stereocenters. The fourth-order valence-corrected chi connectivity index (χ4v) is 8.42. The van der Waals surface area contributed by atoms with Crippen molar-refractivity contribution in [3.8, 4) is 0 Å². The molecule has 0 aromatic heterocycles. The van der Waals surface area contributed by atoms with E-state index in [1.54, 1.807) is 0 Å². The van der Waals surface area contributed by atoms with Gasteiger partial charge in [-0.05, 0) is 144 Å². The van der Waals surface area contributed by atoms with Crippen molar-refractivity contribution in [2.24, 2.45) is 0 Å². The lowest BCUT2D eigenvalue weighted by Crippen LogP contribution is -2.16. The maximum Gasteiger partial charge on any atom is 0.0205 e. The van der Waals surface area contributed by atoms with Crippen molar-refractivity contribution < 1.29 is 0 Å². The largest absolute Gasteiger partial charge is 0.317 e. The van der Waals surface area contributed by atoms with Gasteiger partial charge >= 0.3 is 0 Å². The van der Waals surface area contributed by atoms with Crippen LogP contribution in [0.2, 0.25) is 0 Å². The first-order chi connectivity index (χ1) is 37.2. The number of hydrogen-bond acceptors (Lipinski definition) is 5. The van der Waals surface area contributed by atoms with E-state index in [1.807, 2.05) is 0 Å². The first kappa shape index (κ1) is 68.9. The summed E-state index contributed by atoms with van der Waals surface area (Å²) in [6.45, 7) is 22.4. The Hall–Kier alpha value is -4.10. The molecule has 0 aliphatic rings. The van der Waals surface area contributed by atoms with Crippen molar-refractivity contribution in [1.82, 2.24) is 26.6 Å². The average molecular weight is 1030 g/mol. The molecule has 0 bridgehead atoms. The number of aryl methyl sites for hydroxylation is 2. The molecule has 0 aliphatic carbocycles. The Morgan fingerprint density at radius 1 is 0.200 bits per heavy atom. The van der Waals surface area contributed by atoms with Gasteiger partial charge in [-0.1, -0.05) is 276 Å². The average Bonchev–Trinajstić information content (AvgIpc) is 3.46. The second kappa shape index (κ2) is 57.6. The van der Waals surface area contributed by atoms with Crippen molar-refractivity contribution in [3.05, 3.63) is 179 Å². The van der Waals surface area contributed by atoms with Crippen LogP contribution in [0.5, 0.6) is 0 Å². The minimum Gasteiger partial charge on any atom is -0.317 e. The molecule has 5 nitrogen and oxygen atoms in total. The molecule has 420 valence electrons. The van der Waals surface area contributed by atoms with Crippen LogP contribution in [0.1, 0.15) is 210 Å². The van der Waals surface area contributed by atoms with Gasteiger partial charge in [-0.3, -0.25) is 0 Å². The smallest absolute Gasteiger partial charge is 0.0205 e. The van der Waals surface area contributed by atoms with Crippen molar-refractivity contribution in [2.75, 3.05) is 45.8 Å². The van der Waals surface area contributed by atoms with E-state index in [1.165, 1.54) is 208 Å². The van der Waals surface area contributed by atoms with Gasteiger partial charge in [0.2, 0.25) is 0 Å². The van der Waals surface area contributed by atoms with Gasteiger partial charge in [-0.2, -0.15) is 0 Å². The third-order valence-corrected chi connectivity index (χ3v) is 13.1. The van der Waals surface area contributed by atoms with Crippen LogP contribution in [0.3, 0.4) is 0 Å². The van der Waals surface area contributed by atoms with Crippen LogP contribution >= 0.6 is 0 Å². The molecule has 5 heteroatoms. The van der Waals surface area contributed by atoms with Crippen LogP contribution in [0, 0.1) is 0 Å². The van der Waals surface area contributed by atoms with Crippen molar-refractivity contribution in [3.63, 3.8) is 0 Å². The summed E-state index contributed by atoms with van der Waals surface area (Å²) in [5.74, 6) is 0. The van der Waals surface area contributed by atoms with Gasteiger partial charge in [0.15, 0.2) is 0 Å². The molecule has 5 rings (SSSR count). The molecule has 0 spiro atoms. The lowest BCUT2D eigenvalue weighted by atomic mass is 10.1. The second-order valence-electron chi connectivity index (χ2n) is 20.3. The predicted molar refractivity (Wildman–Crippen MR) is 335 cm³/mol. The maximum absolute atomic E-state index is 3.51. The summed E-state index contributed by atoms with van der Waals surface area (Å²) < 4.78 is 0. The van der Waals surface area contributed by atoms with E-state index in [0.29, 0.717) is 0 Å². The van der Waals surface area contributed by atoms with Crippen molar-refractivity contribution in [1.29, 1.82) is 0 Å². The highest BCUT2D eigenvalue weighted by molar-refractivity contribution is 5.17. The highest BCUT2D eigenvalue weighted by atomic mass is 14.9. The van der Waals surface area contributed by atoms with Gasteiger partial charge in [0, 0.05) is 19.6 Å². The molecular weight excluding hydrogens is 911 g/mol. The van der Waals surface area contributed by atoms with Gasteiger partial charge < -0.3 is 26.6 Å². The first-order valence-electron chi connectivity index (χ1n) is 30.9. The Balaban J connectivity index is 0.000000470. The van der Waals surface area contributed by atoms with Gasteiger partial charge in [0.25, 0.3) is 0 Å². The molecule has 75 heavy (non-hydrogen) atoms. The van der Waals surface area contributed by atoms with Crippen LogP contribution in [-0.4, -0.2) is 45.8 Å². The van der Waals surface area contributed by atoms with E-state index >= 15 is 0 Å². The van der Waals surface area contributed by atoms with Crippen LogP contribution < -0.4 is 26.6 Å². The van der Waals surface area contributed by atoms with Crippen molar-refractivity contribution >= 4 is 0 Å². The normalized spacial score (nSPS) is 10.5. The van der Waals surface area contributed by atoms with E-state index < -0.39 is 0 Å². The number of nitrogens with one attached hydrogen (secondary N) is 5. The molecule has 0 amide bonds. The molecule has 0 saturated carbocycles. The van der Waals surface area contributed by atoms with E-state index in [-0.39, 0.29) is 0 Å². The van der Waals surface area contributed by atoms with Crippen LogP contribution in [-0.2, 0) is 32.5 Å². The summed E-state index contributed by atoms with van der Waals surface area (Å²) in [5, 5.41) is 17.3. The summed E-state index contributed by atoms with van der Waals surface area (Å²) in [5.41, 5.74) is 7.07. The molecule has 0 fully saturated rings. The van der Waals surface area contributed by atoms with Gasteiger partial charge in [-0.15, -0.1) is 0 Å². The maximum atomic E-state index is 3.51. The fraction of sp³-hybridized carbons (Fsp3) is 0.571. The van der Waals surface area contributed by atoms with Crippen LogP contribution in [0.25, 0.3) is 0 Å². The lowest BCUT2D eigenvalue weighted by molar-refractivity contribution is 0.562. The first-order valence-corrected chi connectivity index (χ1v) is 30.9. The number of hydrogen-bond donors (Lipinski definition) is 5. The molecule has 0 heterocycles. The third-order valence-electron chi connectivity index (χ3n) is 13.1. The molecule has 0 aliphatic heterocycles. The van der Waals surface area contributed by atoms with Crippen LogP contribution in [0.15, 0.2) is 152 Å². The number of rotatable bonds is 40. The topological polar surface area (TPSA) is 60.1 Å². The van der Waals surface area contributed by atoms with Gasteiger partial charge in [0.1, 0.15) is 0 Å². The van der Waals surface area contributed by atoms with E-state index in [4.69, 9.17) is 0 Å². The zero-order chi connectivity index (χ0) is 53.8. The second-order valence-corrected chi connectivity index (χ2v) is 20.3. The van der Waals surface area contributed by atoms with Gasteiger partial charge in [0.05, 0.1) is 0 Å². The van der Waals surface area contributed by atoms with E-state index in [9.17, 15) is 0 Å². The number of unbranched alkanes of at least 4 members (excludes halogenated alkanes) is 16. The molecule has 5 aromatic rings. The summed E-state index contributed by atoms with van der Waals surface area (Å²) >= 11 is 0. The molecule has 5 aromatic carbocycles. The summed E-state index contributed by atoms with van der Waals surface area (Å²) in [7, 11) is 0. The summed E-state index contributed by atoms with van der Waals surface area (Å²) in [6, 6.07) is 53.3. The Morgan fingerprint density at radius 2 is 0.427 bits per heavy atom. The molecular formula is C70H115N5. The Kier molecular flexibility index (Phi) is 52.9. The fourth-order valence-electron chi connectivity index (χ4n) is 8.42. The molecule has 0 radical (unpaired) electrons. The molecule has 0 saturated heterocycles. The number of benzene rings is 5.